The summed E-state index contributed by atoms with van der Waals surface area (Å²) in [6, 6.07) is 19.6. The van der Waals surface area contributed by atoms with Gasteiger partial charge >= 0.3 is 0 Å². The van der Waals surface area contributed by atoms with E-state index in [1.165, 1.54) is 0 Å². The standard InChI is InChI=1S/C17H13BrN2O/c18-15-14(11-12-7-3-1-4-8-12)19-16(20-17(15)21)13-9-5-2-6-10-13/h1-10H,11H2,(H,19,20,21). The number of hydrogen-bond acceptors (Lipinski definition) is 2. The fraction of sp³-hybridized carbons (Fsp3) is 0.0588. The van der Waals surface area contributed by atoms with Crippen molar-refractivity contribution in [3.63, 3.8) is 0 Å². The fourth-order valence-corrected chi connectivity index (χ4v) is 2.47. The van der Waals surface area contributed by atoms with Gasteiger partial charge in [-0.05, 0) is 21.5 Å². The lowest BCUT2D eigenvalue weighted by molar-refractivity contribution is 0.994. The highest BCUT2D eigenvalue weighted by Crippen LogP contribution is 2.19. The number of nitrogens with zero attached hydrogens (tertiary/aromatic N) is 1. The predicted molar refractivity (Wildman–Crippen MR) is 87.2 cm³/mol. The first-order chi connectivity index (χ1) is 10.2. The largest absolute Gasteiger partial charge is 0.306 e. The molecule has 1 aromatic heterocycles. The van der Waals surface area contributed by atoms with Gasteiger partial charge in [-0.1, -0.05) is 60.7 Å². The Balaban J connectivity index is 2.05. The summed E-state index contributed by atoms with van der Waals surface area (Å²) in [7, 11) is 0. The molecule has 1 heterocycles. The van der Waals surface area contributed by atoms with E-state index in [1.54, 1.807) is 0 Å². The Morgan fingerprint density at radius 2 is 1.57 bits per heavy atom. The molecule has 3 nitrogen and oxygen atoms in total. The van der Waals surface area contributed by atoms with Gasteiger partial charge in [0.05, 0.1) is 5.69 Å². The maximum Gasteiger partial charge on any atom is 0.265 e. The summed E-state index contributed by atoms with van der Waals surface area (Å²) in [6.45, 7) is 0. The minimum atomic E-state index is -0.158. The first-order valence-electron chi connectivity index (χ1n) is 6.62. The first-order valence-corrected chi connectivity index (χ1v) is 7.41. The molecule has 0 saturated heterocycles. The van der Waals surface area contributed by atoms with Crippen LogP contribution in [-0.4, -0.2) is 9.97 Å². The molecular weight excluding hydrogens is 328 g/mol. The molecule has 0 atom stereocenters. The Bertz CT molecular complexity index is 798. The molecule has 0 spiro atoms. The summed E-state index contributed by atoms with van der Waals surface area (Å²) in [6.07, 6.45) is 0.616. The van der Waals surface area contributed by atoms with Gasteiger partial charge in [0.15, 0.2) is 0 Å². The highest BCUT2D eigenvalue weighted by atomic mass is 79.9. The van der Waals surface area contributed by atoms with Crippen LogP contribution in [0.25, 0.3) is 11.4 Å². The Labute approximate surface area is 130 Å². The number of aromatic nitrogens is 2. The van der Waals surface area contributed by atoms with Crippen molar-refractivity contribution in [2.45, 2.75) is 6.42 Å². The average molecular weight is 341 g/mol. The number of benzene rings is 2. The van der Waals surface area contributed by atoms with E-state index in [9.17, 15) is 4.79 Å². The van der Waals surface area contributed by atoms with Gasteiger partial charge in [-0.2, -0.15) is 0 Å². The highest BCUT2D eigenvalue weighted by molar-refractivity contribution is 9.10. The summed E-state index contributed by atoms with van der Waals surface area (Å²) < 4.78 is 0.492. The van der Waals surface area contributed by atoms with Crippen LogP contribution in [0.3, 0.4) is 0 Å². The zero-order chi connectivity index (χ0) is 14.7. The zero-order valence-corrected chi connectivity index (χ0v) is 12.8. The van der Waals surface area contributed by atoms with Gasteiger partial charge < -0.3 is 4.98 Å². The molecule has 3 rings (SSSR count). The summed E-state index contributed by atoms with van der Waals surface area (Å²) >= 11 is 3.34. The van der Waals surface area contributed by atoms with Crippen LogP contribution in [-0.2, 0) is 6.42 Å². The normalized spacial score (nSPS) is 10.5. The number of aromatic amines is 1. The van der Waals surface area contributed by atoms with Crippen molar-refractivity contribution in [3.8, 4) is 11.4 Å². The second-order valence-electron chi connectivity index (χ2n) is 4.70. The summed E-state index contributed by atoms with van der Waals surface area (Å²) in [5, 5.41) is 0. The van der Waals surface area contributed by atoms with Crippen LogP contribution in [0.2, 0.25) is 0 Å². The SMILES string of the molecule is O=c1[nH]c(-c2ccccc2)nc(Cc2ccccc2)c1Br. The van der Waals surface area contributed by atoms with Gasteiger partial charge in [-0.15, -0.1) is 0 Å². The van der Waals surface area contributed by atoms with Gasteiger partial charge in [-0.3, -0.25) is 4.79 Å². The predicted octanol–water partition coefficient (Wildman–Crippen LogP) is 3.79. The van der Waals surface area contributed by atoms with E-state index >= 15 is 0 Å². The molecule has 3 aromatic rings. The van der Waals surface area contributed by atoms with E-state index in [4.69, 9.17) is 0 Å². The molecule has 2 aromatic carbocycles. The maximum atomic E-state index is 12.1. The van der Waals surface area contributed by atoms with Gasteiger partial charge in [0, 0.05) is 12.0 Å². The molecule has 21 heavy (non-hydrogen) atoms. The molecule has 0 unspecified atom stereocenters. The van der Waals surface area contributed by atoms with Crippen molar-refractivity contribution >= 4 is 15.9 Å². The zero-order valence-electron chi connectivity index (χ0n) is 11.2. The quantitative estimate of drug-likeness (QED) is 0.788. The molecule has 0 aliphatic carbocycles. The third kappa shape index (κ3) is 3.11. The van der Waals surface area contributed by atoms with Crippen molar-refractivity contribution in [3.05, 3.63) is 86.7 Å². The minimum absolute atomic E-state index is 0.158. The highest BCUT2D eigenvalue weighted by Gasteiger charge is 2.10. The number of halogens is 1. The second-order valence-corrected chi connectivity index (χ2v) is 5.50. The van der Waals surface area contributed by atoms with E-state index in [-0.39, 0.29) is 5.56 Å². The van der Waals surface area contributed by atoms with Crippen LogP contribution in [0.5, 0.6) is 0 Å². The van der Waals surface area contributed by atoms with E-state index in [2.05, 4.69) is 25.9 Å². The third-order valence-electron chi connectivity index (χ3n) is 3.19. The van der Waals surface area contributed by atoms with Gasteiger partial charge in [0.2, 0.25) is 0 Å². The van der Waals surface area contributed by atoms with Crippen LogP contribution in [0.4, 0.5) is 0 Å². The lowest BCUT2D eigenvalue weighted by atomic mass is 10.1. The van der Waals surface area contributed by atoms with Crippen molar-refractivity contribution < 1.29 is 0 Å². The lowest BCUT2D eigenvalue weighted by Gasteiger charge is -2.07. The molecule has 0 saturated carbocycles. The molecule has 0 fully saturated rings. The fourth-order valence-electron chi connectivity index (χ4n) is 2.14. The molecule has 0 amide bonds. The van der Waals surface area contributed by atoms with E-state index in [0.29, 0.717) is 16.7 Å². The monoisotopic (exact) mass is 340 g/mol. The third-order valence-corrected chi connectivity index (χ3v) is 4.01. The smallest absolute Gasteiger partial charge is 0.265 e. The van der Waals surface area contributed by atoms with Crippen LogP contribution < -0.4 is 5.56 Å². The molecule has 0 radical (unpaired) electrons. The van der Waals surface area contributed by atoms with Crippen LogP contribution >= 0.6 is 15.9 Å². The molecule has 0 aliphatic rings. The van der Waals surface area contributed by atoms with Crippen molar-refractivity contribution in [1.29, 1.82) is 0 Å². The molecule has 0 aliphatic heterocycles. The Kier molecular flexibility index (Phi) is 3.97. The molecule has 0 bridgehead atoms. The first kappa shape index (κ1) is 13.8. The molecule has 104 valence electrons. The average Bonchev–Trinajstić information content (AvgIpc) is 2.53. The van der Waals surface area contributed by atoms with Crippen LogP contribution in [0.15, 0.2) is 69.9 Å². The maximum absolute atomic E-state index is 12.1. The number of H-pyrrole nitrogens is 1. The summed E-state index contributed by atoms with van der Waals surface area (Å²) in [5.74, 6) is 0.592. The van der Waals surface area contributed by atoms with Gasteiger partial charge in [0.1, 0.15) is 10.3 Å². The number of nitrogens with one attached hydrogen (secondary N) is 1. The molecule has 1 N–H and O–H groups in total. The topological polar surface area (TPSA) is 45.8 Å². The van der Waals surface area contributed by atoms with Crippen LogP contribution in [0.1, 0.15) is 11.3 Å². The number of hydrogen-bond donors (Lipinski definition) is 1. The van der Waals surface area contributed by atoms with E-state index < -0.39 is 0 Å². The van der Waals surface area contributed by atoms with Crippen molar-refractivity contribution in [1.82, 2.24) is 9.97 Å². The Morgan fingerprint density at radius 3 is 2.24 bits per heavy atom. The van der Waals surface area contributed by atoms with Crippen LogP contribution in [0, 0.1) is 0 Å². The van der Waals surface area contributed by atoms with Crippen molar-refractivity contribution in [2.24, 2.45) is 0 Å². The Morgan fingerprint density at radius 1 is 0.952 bits per heavy atom. The summed E-state index contributed by atoms with van der Waals surface area (Å²) in [5.41, 5.74) is 2.60. The van der Waals surface area contributed by atoms with E-state index in [1.807, 2.05) is 60.7 Å². The number of rotatable bonds is 3. The lowest BCUT2D eigenvalue weighted by Crippen LogP contribution is -2.14. The van der Waals surface area contributed by atoms with E-state index in [0.717, 1.165) is 16.8 Å². The summed E-state index contributed by atoms with van der Waals surface area (Å²) in [4.78, 5) is 19.5. The second kappa shape index (κ2) is 6.06. The van der Waals surface area contributed by atoms with Crippen molar-refractivity contribution in [2.75, 3.05) is 0 Å². The minimum Gasteiger partial charge on any atom is -0.306 e. The van der Waals surface area contributed by atoms with Gasteiger partial charge in [-0.25, -0.2) is 4.98 Å². The van der Waals surface area contributed by atoms with Gasteiger partial charge in [0.25, 0.3) is 5.56 Å². The Hall–Kier alpha value is -2.20. The molecule has 4 heteroatoms. The molecular formula is C17H13BrN2O.